The molecule has 0 unspecified atom stereocenters. The van der Waals surface area contributed by atoms with Gasteiger partial charge in [0.15, 0.2) is 0 Å². The minimum Gasteiger partial charge on any atom is -0.481 e. The number of rotatable bonds is 9. The van der Waals surface area contributed by atoms with Crippen LogP contribution in [0.1, 0.15) is 97.7 Å². The Balaban J connectivity index is 1.65. The molecular formula is C36H44O3. The van der Waals surface area contributed by atoms with E-state index in [0.717, 1.165) is 55.2 Å². The predicted octanol–water partition coefficient (Wildman–Crippen LogP) is 8.72. The van der Waals surface area contributed by atoms with Gasteiger partial charge in [0.1, 0.15) is 0 Å². The highest BCUT2D eigenvalue weighted by molar-refractivity contribution is 5.73. The lowest BCUT2D eigenvalue weighted by Gasteiger charge is -2.34. The molecule has 1 aliphatic carbocycles. The van der Waals surface area contributed by atoms with E-state index in [9.17, 15) is 15.0 Å². The molecular weight excluding hydrogens is 480 g/mol. The number of aliphatic hydroxyl groups is 1. The van der Waals surface area contributed by atoms with E-state index in [1.807, 2.05) is 25.1 Å². The molecule has 1 saturated carbocycles. The quantitative estimate of drug-likeness (QED) is 0.294. The summed E-state index contributed by atoms with van der Waals surface area (Å²) in [5.41, 5.74) is 9.72. The Labute approximate surface area is 234 Å². The van der Waals surface area contributed by atoms with Gasteiger partial charge < -0.3 is 10.2 Å². The van der Waals surface area contributed by atoms with Crippen LogP contribution in [0.25, 0.3) is 17.2 Å². The Bertz CT molecular complexity index is 1350. The topological polar surface area (TPSA) is 57.5 Å². The molecule has 0 atom stereocenters. The normalized spacial score (nSPS) is 15.5. The average Bonchev–Trinajstić information content (AvgIpc) is 2.91. The van der Waals surface area contributed by atoms with Gasteiger partial charge in [-0.15, -0.1) is 0 Å². The summed E-state index contributed by atoms with van der Waals surface area (Å²) < 4.78 is 0. The van der Waals surface area contributed by atoms with E-state index in [0.29, 0.717) is 0 Å². The molecule has 4 rings (SSSR count). The fraction of sp³-hybridized carbons (Fsp3) is 0.417. The van der Waals surface area contributed by atoms with Gasteiger partial charge in [-0.1, -0.05) is 99.9 Å². The Morgan fingerprint density at radius 1 is 0.846 bits per heavy atom. The van der Waals surface area contributed by atoms with Gasteiger partial charge in [0, 0.05) is 5.41 Å². The van der Waals surface area contributed by atoms with Crippen molar-refractivity contribution in [1.29, 1.82) is 0 Å². The third-order valence-electron chi connectivity index (χ3n) is 9.10. The van der Waals surface area contributed by atoms with E-state index < -0.39 is 11.6 Å². The second kappa shape index (κ2) is 11.9. The molecule has 0 bridgehead atoms. The first kappa shape index (κ1) is 28.8. The maximum absolute atomic E-state index is 11.2. The molecule has 3 nitrogen and oxygen atoms in total. The molecule has 3 aromatic rings. The fourth-order valence-corrected chi connectivity index (χ4v) is 6.48. The van der Waals surface area contributed by atoms with Gasteiger partial charge in [-0.05, 0) is 96.5 Å². The highest BCUT2D eigenvalue weighted by atomic mass is 16.4. The van der Waals surface area contributed by atoms with Crippen molar-refractivity contribution in [1.82, 2.24) is 0 Å². The molecule has 3 heteroatoms. The Hall–Kier alpha value is -3.17. The van der Waals surface area contributed by atoms with Crippen LogP contribution in [0.3, 0.4) is 0 Å². The van der Waals surface area contributed by atoms with E-state index in [-0.39, 0.29) is 11.8 Å². The molecule has 0 spiro atoms. The molecule has 206 valence electrons. The van der Waals surface area contributed by atoms with Crippen LogP contribution in [0, 0.1) is 20.8 Å². The maximum Gasteiger partial charge on any atom is 0.307 e. The van der Waals surface area contributed by atoms with Crippen LogP contribution in [-0.4, -0.2) is 21.8 Å². The van der Waals surface area contributed by atoms with Crippen molar-refractivity contribution in [2.24, 2.45) is 0 Å². The number of carbonyl (C=O) groups is 1. The summed E-state index contributed by atoms with van der Waals surface area (Å²) in [6, 6.07) is 19.8. The van der Waals surface area contributed by atoms with Crippen molar-refractivity contribution in [2.75, 3.05) is 0 Å². The minimum absolute atomic E-state index is 0.0500. The minimum atomic E-state index is -0.803. The zero-order chi connectivity index (χ0) is 28.2. The average molecular weight is 525 g/mol. The predicted molar refractivity (Wildman–Crippen MR) is 162 cm³/mol. The summed E-state index contributed by atoms with van der Waals surface area (Å²) in [7, 11) is 0. The molecule has 0 saturated heterocycles. The first-order valence-corrected chi connectivity index (χ1v) is 14.6. The number of hydrogen-bond donors (Lipinski definition) is 2. The summed E-state index contributed by atoms with van der Waals surface area (Å²) in [5.74, 6) is -0.803. The fourth-order valence-electron chi connectivity index (χ4n) is 6.48. The first-order valence-electron chi connectivity index (χ1n) is 14.6. The van der Waals surface area contributed by atoms with Crippen molar-refractivity contribution < 1.29 is 15.0 Å². The molecule has 0 amide bonds. The van der Waals surface area contributed by atoms with Crippen molar-refractivity contribution in [2.45, 2.75) is 97.0 Å². The van der Waals surface area contributed by atoms with Crippen molar-refractivity contribution in [3.63, 3.8) is 0 Å². The Morgan fingerprint density at radius 2 is 1.49 bits per heavy atom. The molecule has 1 aliphatic rings. The zero-order valence-corrected chi connectivity index (χ0v) is 24.3. The molecule has 1 fully saturated rings. The second-order valence-corrected chi connectivity index (χ2v) is 11.6. The monoisotopic (exact) mass is 524 g/mol. The number of hydrogen-bond acceptors (Lipinski definition) is 2. The number of carboxylic acids is 1. The van der Waals surface area contributed by atoms with Gasteiger partial charge in [0.2, 0.25) is 0 Å². The van der Waals surface area contributed by atoms with Gasteiger partial charge in [-0.2, -0.15) is 0 Å². The van der Waals surface area contributed by atoms with Gasteiger partial charge >= 0.3 is 5.97 Å². The van der Waals surface area contributed by atoms with Crippen molar-refractivity contribution >= 4 is 12.0 Å². The standard InChI is InChI=1S/C36H44O3/c1-6-36(7-2,31-14-13-28(26(4)22-31)17-20-35(39)18-9-8-10-19-35)32-15-16-33(27(5)23-32)30-12-11-29(24-34(37)38)25(3)21-30/h11-17,20-23,39H,6-10,18-19,24H2,1-5H3,(H,37,38). The molecule has 0 aliphatic heterocycles. The van der Waals surface area contributed by atoms with Crippen LogP contribution in [0.2, 0.25) is 0 Å². The number of aryl methyl sites for hydroxylation is 3. The lowest BCUT2D eigenvalue weighted by Crippen LogP contribution is -2.28. The van der Waals surface area contributed by atoms with Crippen molar-refractivity contribution in [3.05, 3.63) is 99.6 Å². The van der Waals surface area contributed by atoms with E-state index in [4.69, 9.17) is 0 Å². The van der Waals surface area contributed by atoms with E-state index >= 15 is 0 Å². The summed E-state index contributed by atoms with van der Waals surface area (Å²) in [6.07, 6.45) is 11.3. The zero-order valence-electron chi connectivity index (χ0n) is 24.3. The third kappa shape index (κ3) is 6.20. The second-order valence-electron chi connectivity index (χ2n) is 11.6. The molecule has 0 heterocycles. The SMILES string of the molecule is CCC(CC)(c1ccc(C=CC2(O)CCCCC2)c(C)c1)c1ccc(-c2ccc(CC(=O)O)c(C)c2)c(C)c1. The van der Waals surface area contributed by atoms with Crippen LogP contribution in [0.5, 0.6) is 0 Å². The summed E-state index contributed by atoms with van der Waals surface area (Å²) in [6.45, 7) is 10.9. The molecule has 0 radical (unpaired) electrons. The van der Waals surface area contributed by atoms with Crippen molar-refractivity contribution in [3.8, 4) is 11.1 Å². The summed E-state index contributed by atoms with van der Waals surface area (Å²) in [4.78, 5) is 11.2. The van der Waals surface area contributed by atoms with Crippen LogP contribution in [0.4, 0.5) is 0 Å². The lowest BCUT2D eigenvalue weighted by atomic mass is 9.69. The molecule has 3 aromatic carbocycles. The number of carboxylic acid groups (broad SMARTS) is 1. The van der Waals surface area contributed by atoms with Crippen LogP contribution in [0.15, 0.2) is 60.7 Å². The smallest absolute Gasteiger partial charge is 0.307 e. The van der Waals surface area contributed by atoms with Crippen LogP contribution >= 0.6 is 0 Å². The summed E-state index contributed by atoms with van der Waals surface area (Å²) >= 11 is 0. The van der Waals surface area contributed by atoms with E-state index in [1.54, 1.807) is 0 Å². The Morgan fingerprint density at radius 3 is 2.05 bits per heavy atom. The number of benzene rings is 3. The van der Waals surface area contributed by atoms with Gasteiger partial charge in [0.25, 0.3) is 0 Å². The summed E-state index contributed by atoms with van der Waals surface area (Å²) in [5, 5.41) is 20.1. The molecule has 0 aromatic heterocycles. The van der Waals surface area contributed by atoms with Gasteiger partial charge in [-0.3, -0.25) is 4.79 Å². The van der Waals surface area contributed by atoms with Gasteiger partial charge in [0.05, 0.1) is 12.0 Å². The largest absolute Gasteiger partial charge is 0.481 e. The highest BCUT2D eigenvalue weighted by Gasteiger charge is 2.31. The molecule has 2 N–H and O–H groups in total. The Kier molecular flexibility index (Phi) is 8.81. The lowest BCUT2D eigenvalue weighted by molar-refractivity contribution is -0.136. The van der Waals surface area contributed by atoms with Gasteiger partial charge in [-0.25, -0.2) is 0 Å². The van der Waals surface area contributed by atoms with Crippen LogP contribution in [-0.2, 0) is 16.6 Å². The number of aliphatic carboxylic acids is 1. The highest BCUT2D eigenvalue weighted by Crippen LogP contribution is 2.41. The van der Waals surface area contributed by atoms with Crippen LogP contribution < -0.4 is 0 Å². The first-order chi connectivity index (χ1) is 18.6. The third-order valence-corrected chi connectivity index (χ3v) is 9.10. The molecule has 39 heavy (non-hydrogen) atoms. The van der Waals surface area contributed by atoms with E-state index in [2.05, 4.69) is 76.2 Å². The maximum atomic E-state index is 11.2. The van der Waals surface area contributed by atoms with E-state index in [1.165, 1.54) is 39.8 Å².